The Morgan fingerprint density at radius 2 is 1.80 bits per heavy atom. The van der Waals surface area contributed by atoms with Gasteiger partial charge in [0, 0.05) is 13.1 Å². The molecule has 2 atom stereocenters. The summed E-state index contributed by atoms with van der Waals surface area (Å²) in [7, 11) is 0. The van der Waals surface area contributed by atoms with Crippen molar-refractivity contribution < 1.29 is 49.4 Å². The topological polar surface area (TPSA) is 97.6 Å². The van der Waals surface area contributed by atoms with Crippen molar-refractivity contribution >= 4 is 11.9 Å². The molecule has 0 saturated carbocycles. The standard InChI is InChI=1S/C20H16F8N4O3/c1-18(16(33)30-6-7-32(18)17(29)34)14(12-4-3-10(21)15(31-12)19(23,24)25)9-2-5-13(11(22)8-9)35-20(26,27)28/h2-5,8,14H,6-7H2,1H3,(H2,29,34)(H,30,33)/t14-,18?/m0/s1. The first-order chi connectivity index (χ1) is 16.1. The Kier molecular flexibility index (Phi) is 6.57. The molecule has 15 heteroatoms. The van der Waals surface area contributed by atoms with Gasteiger partial charge < -0.3 is 20.7 Å². The number of carbonyl (C=O) groups excluding carboxylic acids is 2. The Hall–Kier alpha value is -3.65. The smallest absolute Gasteiger partial charge is 0.403 e. The fraction of sp³-hybridized carbons (Fsp3) is 0.350. The summed E-state index contributed by atoms with van der Waals surface area (Å²) in [5.41, 5.74) is 0.279. The highest BCUT2D eigenvalue weighted by Gasteiger charge is 2.52. The summed E-state index contributed by atoms with van der Waals surface area (Å²) >= 11 is 0. The second-order valence-electron chi connectivity index (χ2n) is 7.63. The van der Waals surface area contributed by atoms with Crippen LogP contribution >= 0.6 is 0 Å². The number of hydrogen-bond acceptors (Lipinski definition) is 4. The van der Waals surface area contributed by atoms with Crippen LogP contribution < -0.4 is 15.8 Å². The molecular formula is C20H16F8N4O3. The van der Waals surface area contributed by atoms with E-state index in [0.717, 1.165) is 24.0 Å². The Bertz CT molecular complexity index is 1150. The molecule has 0 aliphatic carbocycles. The van der Waals surface area contributed by atoms with Crippen LogP contribution in [-0.4, -0.2) is 46.8 Å². The highest BCUT2D eigenvalue weighted by Crippen LogP contribution is 2.42. The van der Waals surface area contributed by atoms with Gasteiger partial charge in [-0.25, -0.2) is 18.6 Å². The molecular weight excluding hydrogens is 496 g/mol. The lowest BCUT2D eigenvalue weighted by Crippen LogP contribution is -2.68. The molecule has 35 heavy (non-hydrogen) atoms. The predicted molar refractivity (Wildman–Crippen MR) is 102 cm³/mol. The number of urea groups is 1. The van der Waals surface area contributed by atoms with Gasteiger partial charge in [-0.15, -0.1) is 13.2 Å². The average Bonchev–Trinajstić information content (AvgIpc) is 2.71. The van der Waals surface area contributed by atoms with E-state index in [1.54, 1.807) is 0 Å². The molecule has 3 amide bonds. The second kappa shape index (κ2) is 8.85. The van der Waals surface area contributed by atoms with Crippen LogP contribution in [0.1, 0.15) is 29.8 Å². The molecule has 2 heterocycles. The van der Waals surface area contributed by atoms with Crippen molar-refractivity contribution in [1.29, 1.82) is 0 Å². The van der Waals surface area contributed by atoms with Crippen molar-refractivity contribution in [3.8, 4) is 5.75 Å². The number of pyridine rings is 1. The average molecular weight is 512 g/mol. The summed E-state index contributed by atoms with van der Waals surface area (Å²) in [4.78, 5) is 29.2. The van der Waals surface area contributed by atoms with E-state index in [1.807, 2.05) is 0 Å². The highest BCUT2D eigenvalue weighted by atomic mass is 19.4. The Balaban J connectivity index is 2.28. The highest BCUT2D eigenvalue weighted by molar-refractivity contribution is 5.93. The second-order valence-corrected chi connectivity index (χ2v) is 7.63. The van der Waals surface area contributed by atoms with Crippen LogP contribution in [0.15, 0.2) is 30.3 Å². The molecule has 1 aromatic carbocycles. The molecule has 0 bridgehead atoms. The predicted octanol–water partition coefficient (Wildman–Crippen LogP) is 3.68. The van der Waals surface area contributed by atoms with Crippen molar-refractivity contribution in [1.82, 2.24) is 15.2 Å². The van der Waals surface area contributed by atoms with Crippen molar-refractivity contribution in [3.63, 3.8) is 0 Å². The number of primary amides is 1. The van der Waals surface area contributed by atoms with Gasteiger partial charge in [0.1, 0.15) is 5.54 Å². The van der Waals surface area contributed by atoms with Gasteiger partial charge in [-0.1, -0.05) is 6.07 Å². The summed E-state index contributed by atoms with van der Waals surface area (Å²) in [5, 5.41) is 2.41. The quantitative estimate of drug-likeness (QED) is 0.611. The first-order valence-corrected chi connectivity index (χ1v) is 9.70. The van der Waals surface area contributed by atoms with Crippen molar-refractivity contribution in [2.75, 3.05) is 13.1 Å². The number of rotatable bonds is 4. The number of hydrogen-bond donors (Lipinski definition) is 2. The zero-order valence-electron chi connectivity index (χ0n) is 17.6. The van der Waals surface area contributed by atoms with E-state index in [4.69, 9.17) is 5.73 Å². The lowest BCUT2D eigenvalue weighted by Gasteiger charge is -2.47. The molecule has 3 N–H and O–H groups in total. The number of nitrogens with zero attached hydrogens (tertiary/aromatic N) is 2. The third kappa shape index (κ3) is 5.07. The molecule has 1 fully saturated rings. The first-order valence-electron chi connectivity index (χ1n) is 9.70. The Labute approximate surface area is 191 Å². The molecule has 3 rings (SSSR count). The fourth-order valence-electron chi connectivity index (χ4n) is 3.95. The number of piperazine rings is 1. The molecule has 1 aromatic heterocycles. The van der Waals surface area contributed by atoms with Crippen LogP contribution in [-0.2, 0) is 11.0 Å². The zero-order chi connectivity index (χ0) is 26.3. The van der Waals surface area contributed by atoms with Crippen LogP contribution in [0.2, 0.25) is 0 Å². The number of ether oxygens (including phenoxy) is 1. The third-order valence-electron chi connectivity index (χ3n) is 5.42. The van der Waals surface area contributed by atoms with Crippen molar-refractivity contribution in [3.05, 3.63) is 58.9 Å². The minimum Gasteiger partial charge on any atom is -0.403 e. The molecule has 1 aliphatic rings. The fourth-order valence-corrected chi connectivity index (χ4v) is 3.95. The Morgan fingerprint density at radius 1 is 1.14 bits per heavy atom. The zero-order valence-corrected chi connectivity index (χ0v) is 17.6. The normalized spacial score (nSPS) is 19.8. The number of amides is 3. The monoisotopic (exact) mass is 512 g/mol. The van der Waals surface area contributed by atoms with Crippen LogP contribution in [0.4, 0.5) is 39.9 Å². The maximum atomic E-state index is 14.5. The van der Waals surface area contributed by atoms with E-state index in [-0.39, 0.29) is 18.7 Å². The summed E-state index contributed by atoms with van der Waals surface area (Å²) in [5.74, 6) is -7.23. The van der Waals surface area contributed by atoms with Crippen LogP contribution in [0.3, 0.4) is 0 Å². The van der Waals surface area contributed by atoms with Crippen LogP contribution in [0.5, 0.6) is 5.75 Å². The van der Waals surface area contributed by atoms with Gasteiger partial charge in [-0.3, -0.25) is 4.79 Å². The summed E-state index contributed by atoms with van der Waals surface area (Å²) in [6.45, 7) is 0.813. The molecule has 2 aromatic rings. The van der Waals surface area contributed by atoms with E-state index >= 15 is 0 Å². The summed E-state index contributed by atoms with van der Waals surface area (Å²) in [6, 6.07) is 1.89. The number of carbonyl (C=O) groups is 2. The maximum Gasteiger partial charge on any atom is 0.573 e. The third-order valence-corrected chi connectivity index (χ3v) is 5.42. The van der Waals surface area contributed by atoms with Crippen molar-refractivity contribution in [2.45, 2.75) is 30.9 Å². The van der Waals surface area contributed by atoms with Crippen LogP contribution in [0, 0.1) is 11.6 Å². The SMILES string of the molecule is CC1([C@@H](c2ccc(OC(F)(F)F)c(F)c2)c2ccc(F)c(C(F)(F)F)n2)C(=O)NCCN1C(N)=O. The van der Waals surface area contributed by atoms with Gasteiger partial charge in [0.15, 0.2) is 23.1 Å². The molecule has 0 spiro atoms. The molecule has 7 nitrogen and oxygen atoms in total. The van der Waals surface area contributed by atoms with Crippen molar-refractivity contribution in [2.24, 2.45) is 5.73 Å². The Morgan fingerprint density at radius 3 is 2.34 bits per heavy atom. The number of aromatic nitrogens is 1. The van der Waals surface area contributed by atoms with Crippen LogP contribution in [0.25, 0.3) is 0 Å². The maximum absolute atomic E-state index is 14.5. The number of benzene rings is 1. The lowest BCUT2D eigenvalue weighted by atomic mass is 9.75. The lowest BCUT2D eigenvalue weighted by molar-refractivity contribution is -0.275. The minimum absolute atomic E-state index is 0.0819. The number of alkyl halides is 6. The number of nitrogens with one attached hydrogen (secondary N) is 1. The summed E-state index contributed by atoms with van der Waals surface area (Å²) in [6.07, 6.45) is -10.5. The first kappa shape index (κ1) is 26.0. The molecule has 1 unspecified atom stereocenters. The van der Waals surface area contributed by atoms with E-state index in [2.05, 4.69) is 15.0 Å². The van der Waals surface area contributed by atoms with Gasteiger partial charge in [0.25, 0.3) is 0 Å². The largest absolute Gasteiger partial charge is 0.573 e. The number of nitrogens with two attached hydrogens (primary N) is 1. The van der Waals surface area contributed by atoms with E-state index in [0.29, 0.717) is 18.2 Å². The van der Waals surface area contributed by atoms with Gasteiger partial charge in [0.2, 0.25) is 5.91 Å². The van der Waals surface area contributed by atoms with Gasteiger partial charge in [0.05, 0.1) is 11.6 Å². The van der Waals surface area contributed by atoms with Gasteiger partial charge in [-0.2, -0.15) is 13.2 Å². The molecule has 190 valence electrons. The number of halogens is 8. The summed E-state index contributed by atoms with van der Waals surface area (Å²) < 4.78 is 110. The van der Waals surface area contributed by atoms with E-state index < -0.39 is 64.7 Å². The molecule has 0 radical (unpaired) electrons. The molecule has 1 aliphatic heterocycles. The van der Waals surface area contributed by atoms with E-state index in [1.165, 1.54) is 0 Å². The van der Waals surface area contributed by atoms with E-state index in [9.17, 15) is 44.7 Å². The van der Waals surface area contributed by atoms with Gasteiger partial charge >= 0.3 is 18.6 Å². The van der Waals surface area contributed by atoms with Gasteiger partial charge in [-0.05, 0) is 36.8 Å². The molecule has 1 saturated heterocycles. The minimum atomic E-state index is -5.26.